The lowest BCUT2D eigenvalue weighted by molar-refractivity contribution is -0.137. The van der Waals surface area contributed by atoms with Crippen molar-refractivity contribution in [2.45, 2.75) is 32.9 Å². The highest BCUT2D eigenvalue weighted by molar-refractivity contribution is 6.34. The van der Waals surface area contributed by atoms with Crippen molar-refractivity contribution in [2.24, 2.45) is 13.0 Å². The lowest BCUT2D eigenvalue weighted by atomic mass is 10.00. The van der Waals surface area contributed by atoms with Crippen LogP contribution in [0, 0.1) is 17.6 Å². The van der Waals surface area contributed by atoms with Gasteiger partial charge in [-0.2, -0.15) is 5.10 Å². The summed E-state index contributed by atoms with van der Waals surface area (Å²) >= 11 is 6.53. The lowest BCUT2D eigenvalue weighted by Crippen LogP contribution is -2.52. The molecule has 0 radical (unpaired) electrons. The minimum Gasteiger partial charge on any atom is -0.390 e. The van der Waals surface area contributed by atoms with E-state index in [1.165, 1.54) is 60.1 Å². The number of nitrogens with zero attached hydrogens (tertiary/aromatic N) is 7. The number of methoxy groups -OCH3 is 1. The first-order valence-electron chi connectivity index (χ1n) is 17.4. The first kappa shape index (κ1) is 39.5. The van der Waals surface area contributed by atoms with Crippen molar-refractivity contribution in [2.75, 3.05) is 65.9 Å². The topological polar surface area (TPSA) is 138 Å². The zero-order valence-electron chi connectivity index (χ0n) is 30.5. The number of ether oxygens (including phenoxy) is 1. The van der Waals surface area contributed by atoms with Crippen LogP contribution in [0.3, 0.4) is 0 Å². The maximum atomic E-state index is 15.6. The van der Waals surface area contributed by atoms with Crippen molar-refractivity contribution < 1.29 is 33.0 Å². The molecule has 1 aliphatic heterocycles. The van der Waals surface area contributed by atoms with Crippen molar-refractivity contribution >= 4 is 35.0 Å². The van der Waals surface area contributed by atoms with Crippen LogP contribution in [0.2, 0.25) is 5.02 Å². The summed E-state index contributed by atoms with van der Waals surface area (Å²) in [6, 6.07) is 7.29. The normalized spacial score (nSPS) is 13.8. The van der Waals surface area contributed by atoms with Gasteiger partial charge in [-0.3, -0.25) is 19.1 Å². The van der Waals surface area contributed by atoms with Gasteiger partial charge in [-0.1, -0.05) is 24.6 Å². The van der Waals surface area contributed by atoms with Gasteiger partial charge in [0, 0.05) is 74.8 Å². The van der Waals surface area contributed by atoms with Crippen LogP contribution in [0.5, 0.6) is 0 Å². The summed E-state index contributed by atoms with van der Waals surface area (Å²) in [6.45, 7) is 4.70. The monoisotopic (exact) mass is 754 g/mol. The fourth-order valence-electron chi connectivity index (χ4n) is 6.36. The molecule has 0 bridgehead atoms. The highest BCUT2D eigenvalue weighted by atomic mass is 35.5. The van der Waals surface area contributed by atoms with Crippen molar-refractivity contribution in [3.63, 3.8) is 0 Å². The van der Waals surface area contributed by atoms with Gasteiger partial charge in [0.1, 0.15) is 0 Å². The van der Waals surface area contributed by atoms with Gasteiger partial charge >= 0.3 is 0 Å². The highest BCUT2D eigenvalue weighted by Crippen LogP contribution is 2.33. The van der Waals surface area contributed by atoms with Gasteiger partial charge in [0.25, 0.3) is 11.8 Å². The molecule has 1 aliphatic rings. The van der Waals surface area contributed by atoms with Crippen LogP contribution in [0.25, 0.3) is 22.4 Å². The predicted molar refractivity (Wildman–Crippen MR) is 196 cm³/mol. The Labute approximate surface area is 312 Å². The molecule has 2 aromatic heterocycles. The second-order valence-corrected chi connectivity index (χ2v) is 13.6. The molecule has 1 fully saturated rings. The van der Waals surface area contributed by atoms with Crippen molar-refractivity contribution in [3.05, 3.63) is 76.5 Å². The molecule has 0 saturated carbocycles. The van der Waals surface area contributed by atoms with E-state index >= 15 is 8.78 Å². The summed E-state index contributed by atoms with van der Waals surface area (Å²) in [7, 11) is 7.00. The van der Waals surface area contributed by atoms with Gasteiger partial charge in [-0.05, 0) is 57.7 Å². The number of aliphatic hydroxyl groups is 1. The Morgan fingerprint density at radius 2 is 1.72 bits per heavy atom. The average Bonchev–Trinajstić information content (AvgIpc) is 3.74. The molecule has 2 N–H and O–H groups in total. The number of imidazole rings is 1. The average molecular weight is 755 g/mol. The van der Waals surface area contributed by atoms with Crippen LogP contribution < -0.4 is 5.32 Å². The Bertz CT molecular complexity index is 1960. The van der Waals surface area contributed by atoms with Gasteiger partial charge in [0.2, 0.25) is 5.91 Å². The molecule has 0 spiro atoms. The van der Waals surface area contributed by atoms with E-state index in [0.717, 1.165) is 19.4 Å². The van der Waals surface area contributed by atoms with Crippen LogP contribution in [-0.2, 0) is 29.7 Å². The molecule has 16 heteroatoms. The maximum Gasteiger partial charge on any atom is 0.291 e. The van der Waals surface area contributed by atoms with Gasteiger partial charge in [-0.15, -0.1) is 0 Å². The summed E-state index contributed by atoms with van der Waals surface area (Å²) in [5.41, 5.74) is 0.939. The molecular weight excluding hydrogens is 710 g/mol. The molecule has 53 heavy (non-hydrogen) atoms. The fraction of sp³-hybridized carbons (Fsp3) is 0.432. The number of benzene rings is 2. The number of halogens is 3. The van der Waals surface area contributed by atoms with Gasteiger partial charge in [-0.25, -0.2) is 13.8 Å². The molecular formula is C37H45ClF2N8O5. The van der Waals surface area contributed by atoms with Crippen molar-refractivity contribution in [3.8, 4) is 22.4 Å². The van der Waals surface area contributed by atoms with Gasteiger partial charge in [0.05, 0.1) is 47.9 Å². The molecule has 1 atom stereocenters. The molecule has 1 unspecified atom stereocenters. The van der Waals surface area contributed by atoms with E-state index < -0.39 is 24.1 Å². The second kappa shape index (κ2) is 17.4. The molecule has 2 aromatic carbocycles. The third kappa shape index (κ3) is 8.75. The minimum absolute atomic E-state index is 0.0549. The molecule has 0 aliphatic carbocycles. The zero-order valence-corrected chi connectivity index (χ0v) is 31.3. The number of rotatable bonds is 14. The second-order valence-electron chi connectivity index (χ2n) is 13.2. The van der Waals surface area contributed by atoms with Crippen molar-refractivity contribution in [1.29, 1.82) is 0 Å². The maximum absolute atomic E-state index is 15.6. The molecule has 3 amide bonds. The quantitative estimate of drug-likeness (QED) is 0.192. The van der Waals surface area contributed by atoms with E-state index in [-0.39, 0.29) is 62.2 Å². The molecule has 3 heterocycles. The van der Waals surface area contributed by atoms with E-state index in [2.05, 4.69) is 20.3 Å². The lowest BCUT2D eigenvalue weighted by Gasteiger charge is -2.36. The Balaban J connectivity index is 1.24. The number of nitrogens with one attached hydrogen (secondary N) is 1. The summed E-state index contributed by atoms with van der Waals surface area (Å²) in [4.78, 5) is 49.5. The first-order chi connectivity index (χ1) is 25.4. The molecule has 5 rings (SSSR count). The third-order valence-electron chi connectivity index (χ3n) is 9.45. The predicted octanol–water partition coefficient (Wildman–Crippen LogP) is 4.54. The molecule has 1 saturated heterocycles. The molecule has 4 aromatic rings. The van der Waals surface area contributed by atoms with E-state index in [9.17, 15) is 19.5 Å². The standard InChI is InChI=1S/C37H45ClF2N8O5/c1-6-23(11-12-44(2)3)36(51)46-13-15-47(16-14-46)37(52)26-8-7-24(19-29(26)38)42-35(50)34-41-20-31(45(34)4)27-10-9-25(32(39)33(27)40)28-21-48(17-18-53-5)43-30(28)22-49/h7-10,19-21,23,49H,6,11-18,22H2,1-5H3,(H,42,50). The first-order valence-corrected chi connectivity index (χ1v) is 17.8. The van der Waals surface area contributed by atoms with Crippen LogP contribution >= 0.6 is 11.6 Å². The number of carbonyl (C=O) groups excluding carboxylic acids is 3. The van der Waals surface area contributed by atoms with Crippen LogP contribution in [0.1, 0.15) is 46.4 Å². The zero-order chi connectivity index (χ0) is 38.4. The summed E-state index contributed by atoms with van der Waals surface area (Å²) < 4.78 is 38.9. The highest BCUT2D eigenvalue weighted by Gasteiger charge is 2.30. The van der Waals surface area contributed by atoms with Gasteiger partial charge in [0.15, 0.2) is 17.5 Å². The fourth-order valence-corrected chi connectivity index (χ4v) is 6.62. The molecule has 13 nitrogen and oxygen atoms in total. The number of hydrogen-bond acceptors (Lipinski definition) is 8. The SMILES string of the molecule is CCC(CCN(C)C)C(=O)N1CCN(C(=O)c2ccc(NC(=O)c3ncc(-c4ccc(-c5cn(CCOC)nc5CO)c(F)c4F)n3C)cc2Cl)CC1. The molecule has 284 valence electrons. The summed E-state index contributed by atoms with van der Waals surface area (Å²) in [5.74, 6) is -3.24. The minimum atomic E-state index is -1.16. The number of amides is 3. The van der Waals surface area contributed by atoms with E-state index in [0.29, 0.717) is 45.0 Å². The van der Waals surface area contributed by atoms with E-state index in [1.54, 1.807) is 11.0 Å². The van der Waals surface area contributed by atoms with Crippen LogP contribution in [0.15, 0.2) is 42.7 Å². The number of anilines is 1. The Morgan fingerprint density at radius 1 is 1.04 bits per heavy atom. The van der Waals surface area contributed by atoms with Crippen LogP contribution in [-0.4, -0.2) is 117 Å². The largest absolute Gasteiger partial charge is 0.390 e. The summed E-state index contributed by atoms with van der Waals surface area (Å²) in [5, 5.41) is 16.8. The Morgan fingerprint density at radius 3 is 2.36 bits per heavy atom. The van der Waals surface area contributed by atoms with Crippen LogP contribution in [0.4, 0.5) is 14.5 Å². The summed E-state index contributed by atoms with van der Waals surface area (Å²) in [6.07, 6.45) is 4.33. The number of piperazine rings is 1. The number of aromatic nitrogens is 4. The number of hydrogen-bond donors (Lipinski definition) is 2. The smallest absolute Gasteiger partial charge is 0.291 e. The van der Waals surface area contributed by atoms with Crippen molar-refractivity contribution in [1.82, 2.24) is 34.0 Å². The third-order valence-corrected chi connectivity index (χ3v) is 9.77. The number of carbonyl (C=O) groups is 3. The number of aliphatic hydroxyl groups excluding tert-OH is 1. The van der Waals surface area contributed by atoms with E-state index in [1.807, 2.05) is 25.9 Å². The Kier molecular flexibility index (Phi) is 13.0. The Hall–Kier alpha value is -4.70. The van der Waals surface area contributed by atoms with Gasteiger partial charge < -0.3 is 34.4 Å². The van der Waals surface area contributed by atoms with E-state index in [4.69, 9.17) is 16.3 Å².